The van der Waals surface area contributed by atoms with Crippen LogP contribution in [0.2, 0.25) is 0 Å². The van der Waals surface area contributed by atoms with Crippen molar-refractivity contribution in [2.24, 2.45) is 0 Å². The summed E-state index contributed by atoms with van der Waals surface area (Å²) in [5.74, 6) is 0.655. The zero-order valence-corrected chi connectivity index (χ0v) is 16.5. The molecule has 10 heteroatoms. The van der Waals surface area contributed by atoms with E-state index in [-0.39, 0.29) is 11.5 Å². The molecule has 3 heterocycles. The molecule has 2 aromatic rings. The van der Waals surface area contributed by atoms with E-state index >= 15 is 0 Å². The first-order chi connectivity index (χ1) is 14.4. The van der Waals surface area contributed by atoms with Crippen molar-refractivity contribution in [1.29, 1.82) is 0 Å². The van der Waals surface area contributed by atoms with Crippen LogP contribution < -0.4 is 9.64 Å². The molecule has 2 aliphatic rings. The van der Waals surface area contributed by atoms with E-state index in [1.165, 1.54) is 4.90 Å². The minimum Gasteiger partial charge on any atom is -0.497 e. The van der Waals surface area contributed by atoms with Crippen LogP contribution in [0.15, 0.2) is 24.4 Å². The Morgan fingerprint density at radius 2 is 1.97 bits per heavy atom. The van der Waals surface area contributed by atoms with Crippen LogP contribution in [0.5, 0.6) is 5.75 Å². The first-order valence-electron chi connectivity index (χ1n) is 9.77. The highest BCUT2D eigenvalue weighted by Gasteiger charge is 2.40. The number of ether oxygens (including phenoxy) is 2. The van der Waals surface area contributed by atoms with E-state index in [1.54, 1.807) is 24.1 Å². The maximum Gasteiger partial charge on any atom is 0.433 e. The van der Waals surface area contributed by atoms with Crippen LogP contribution in [0.3, 0.4) is 0 Å². The third-order valence-corrected chi connectivity index (χ3v) is 5.39. The highest BCUT2D eigenvalue weighted by Crippen LogP contribution is 2.38. The highest BCUT2D eigenvalue weighted by atomic mass is 19.4. The molecule has 0 aliphatic carbocycles. The second-order valence-corrected chi connectivity index (χ2v) is 7.24. The molecule has 4 rings (SSSR count). The van der Waals surface area contributed by atoms with Crippen molar-refractivity contribution in [3.8, 4) is 5.75 Å². The monoisotopic (exact) mass is 424 g/mol. The minimum absolute atomic E-state index is 0.0358. The van der Waals surface area contributed by atoms with Gasteiger partial charge in [-0.3, -0.25) is 4.90 Å². The summed E-state index contributed by atoms with van der Waals surface area (Å²) in [5.41, 5.74) is 0.263. The van der Waals surface area contributed by atoms with Gasteiger partial charge in [-0.2, -0.15) is 13.2 Å². The molecule has 1 aromatic carbocycles. The summed E-state index contributed by atoms with van der Waals surface area (Å²) in [6.45, 7) is 1.88. The van der Waals surface area contributed by atoms with E-state index in [4.69, 9.17) is 9.47 Å². The highest BCUT2D eigenvalue weighted by molar-refractivity contribution is 5.65. The summed E-state index contributed by atoms with van der Waals surface area (Å²) in [6, 6.07) is 5.45. The molecule has 7 nitrogen and oxygen atoms in total. The number of morpholine rings is 1. The van der Waals surface area contributed by atoms with Gasteiger partial charge in [0.05, 0.1) is 20.3 Å². The Balaban J connectivity index is 1.71. The van der Waals surface area contributed by atoms with Gasteiger partial charge in [0, 0.05) is 37.1 Å². The number of aliphatic hydroxyl groups excluding tert-OH is 1. The van der Waals surface area contributed by atoms with Crippen molar-refractivity contribution in [1.82, 2.24) is 14.9 Å². The first kappa shape index (κ1) is 20.8. The number of fused-ring (bicyclic) bond motifs is 1. The average molecular weight is 424 g/mol. The SMILES string of the molecule is COc1ccc2c(c1)CCCN2c1ncc(C(O)N2CCOCC2)c(C(F)(F)F)n1. The van der Waals surface area contributed by atoms with Crippen molar-refractivity contribution in [2.45, 2.75) is 25.2 Å². The molecule has 1 unspecified atom stereocenters. The lowest BCUT2D eigenvalue weighted by Crippen LogP contribution is -2.40. The maximum absolute atomic E-state index is 13.8. The molecule has 30 heavy (non-hydrogen) atoms. The fourth-order valence-electron chi connectivity index (χ4n) is 3.85. The second kappa shape index (κ2) is 8.37. The molecule has 162 valence electrons. The van der Waals surface area contributed by atoms with Crippen LogP contribution in [0, 0.1) is 0 Å². The van der Waals surface area contributed by atoms with Crippen molar-refractivity contribution in [3.05, 3.63) is 41.2 Å². The van der Waals surface area contributed by atoms with Gasteiger partial charge in [-0.15, -0.1) is 0 Å². The van der Waals surface area contributed by atoms with E-state index in [2.05, 4.69) is 9.97 Å². The molecule has 0 radical (unpaired) electrons. The van der Waals surface area contributed by atoms with Gasteiger partial charge in [0.2, 0.25) is 5.95 Å². The minimum atomic E-state index is -4.72. The third-order valence-electron chi connectivity index (χ3n) is 5.39. The van der Waals surface area contributed by atoms with Crippen molar-refractivity contribution in [2.75, 3.05) is 44.9 Å². The molecule has 0 saturated carbocycles. The lowest BCUT2D eigenvalue weighted by atomic mass is 10.0. The summed E-state index contributed by atoms with van der Waals surface area (Å²) in [4.78, 5) is 11.3. The Labute approximate surface area is 172 Å². The molecule has 1 aromatic heterocycles. The maximum atomic E-state index is 13.8. The van der Waals surface area contributed by atoms with Gasteiger partial charge < -0.3 is 19.5 Å². The molecule has 1 saturated heterocycles. The Morgan fingerprint density at radius 1 is 1.20 bits per heavy atom. The summed E-state index contributed by atoms with van der Waals surface area (Å²) in [5, 5.41) is 10.6. The lowest BCUT2D eigenvalue weighted by molar-refractivity contribution is -0.145. The normalized spacial score (nSPS) is 18.8. The smallest absolute Gasteiger partial charge is 0.433 e. The van der Waals surface area contributed by atoms with E-state index in [1.807, 2.05) is 6.07 Å². The quantitative estimate of drug-likeness (QED) is 0.809. The fraction of sp³-hybridized carbons (Fsp3) is 0.500. The Morgan fingerprint density at radius 3 is 2.67 bits per heavy atom. The Bertz CT molecular complexity index is 903. The van der Waals surface area contributed by atoms with Gasteiger partial charge in [0.1, 0.15) is 12.0 Å². The van der Waals surface area contributed by atoms with Crippen LogP contribution in [0.4, 0.5) is 24.8 Å². The van der Waals surface area contributed by atoms with E-state index in [9.17, 15) is 18.3 Å². The Kier molecular flexibility index (Phi) is 5.81. The topological polar surface area (TPSA) is 71.0 Å². The number of alkyl halides is 3. The van der Waals surface area contributed by atoms with Crippen molar-refractivity contribution >= 4 is 11.6 Å². The van der Waals surface area contributed by atoms with E-state index < -0.39 is 18.1 Å². The van der Waals surface area contributed by atoms with Crippen LogP contribution in [-0.4, -0.2) is 59.9 Å². The van der Waals surface area contributed by atoms with Gasteiger partial charge in [-0.25, -0.2) is 9.97 Å². The van der Waals surface area contributed by atoms with Crippen LogP contribution in [0.25, 0.3) is 0 Å². The Hall–Kier alpha value is -2.43. The van der Waals surface area contributed by atoms with Gasteiger partial charge in [-0.05, 0) is 36.6 Å². The molecule has 2 aliphatic heterocycles. The summed E-state index contributed by atoms with van der Waals surface area (Å²) in [7, 11) is 1.57. The number of hydrogen-bond acceptors (Lipinski definition) is 7. The van der Waals surface area contributed by atoms with Gasteiger partial charge in [0.15, 0.2) is 5.69 Å². The van der Waals surface area contributed by atoms with Gasteiger partial charge >= 0.3 is 6.18 Å². The predicted octanol–water partition coefficient (Wildman–Crippen LogP) is 2.91. The second-order valence-electron chi connectivity index (χ2n) is 7.24. The number of nitrogens with zero attached hydrogens (tertiary/aromatic N) is 4. The molecular formula is C20H23F3N4O3. The number of methoxy groups -OCH3 is 1. The molecule has 0 spiro atoms. The number of aromatic nitrogens is 2. The predicted molar refractivity (Wildman–Crippen MR) is 103 cm³/mol. The van der Waals surface area contributed by atoms with Gasteiger partial charge in [0.25, 0.3) is 0 Å². The van der Waals surface area contributed by atoms with Crippen LogP contribution in [-0.2, 0) is 17.3 Å². The van der Waals surface area contributed by atoms with Crippen molar-refractivity contribution < 1.29 is 27.8 Å². The summed E-state index contributed by atoms with van der Waals surface area (Å²) >= 11 is 0. The number of benzene rings is 1. The summed E-state index contributed by atoms with van der Waals surface area (Å²) in [6.07, 6.45) is -3.54. The standard InChI is InChI=1S/C20H23F3N4O3/c1-29-14-4-5-16-13(11-14)3-2-6-27(16)19-24-12-15(17(25-19)20(21,22)23)18(28)26-7-9-30-10-8-26/h4-5,11-12,18,28H,2-3,6-10H2,1H3. The molecule has 0 amide bonds. The average Bonchev–Trinajstić information content (AvgIpc) is 2.77. The first-order valence-corrected chi connectivity index (χ1v) is 9.77. The van der Waals surface area contributed by atoms with Gasteiger partial charge in [-0.1, -0.05) is 0 Å². The molecule has 1 fully saturated rings. The van der Waals surface area contributed by atoms with Crippen LogP contribution in [0.1, 0.15) is 29.5 Å². The molecule has 0 bridgehead atoms. The van der Waals surface area contributed by atoms with E-state index in [0.717, 1.165) is 30.3 Å². The zero-order chi connectivity index (χ0) is 21.3. The number of rotatable bonds is 4. The number of aliphatic hydroxyl groups is 1. The number of anilines is 2. The largest absolute Gasteiger partial charge is 0.497 e. The molecule has 1 N–H and O–H groups in total. The summed E-state index contributed by atoms with van der Waals surface area (Å²) < 4.78 is 52.0. The molecule has 1 atom stereocenters. The molecular weight excluding hydrogens is 401 g/mol. The number of halogens is 3. The fourth-order valence-corrected chi connectivity index (χ4v) is 3.85. The van der Waals surface area contributed by atoms with Crippen LogP contribution >= 0.6 is 0 Å². The number of aryl methyl sites for hydroxylation is 1. The zero-order valence-electron chi connectivity index (χ0n) is 16.5. The van der Waals surface area contributed by atoms with Crippen molar-refractivity contribution in [3.63, 3.8) is 0 Å². The third kappa shape index (κ3) is 4.07. The van der Waals surface area contributed by atoms with E-state index in [0.29, 0.717) is 38.6 Å². The number of hydrogen-bond donors (Lipinski definition) is 1. The lowest BCUT2D eigenvalue weighted by Gasteiger charge is -2.33.